The minimum atomic E-state index is -2.78. The van der Waals surface area contributed by atoms with Crippen molar-refractivity contribution in [1.82, 2.24) is 4.90 Å². The highest BCUT2D eigenvalue weighted by atomic mass is 31.2. The van der Waals surface area contributed by atoms with Crippen LogP contribution in [0.5, 0.6) is 0 Å². The average molecular weight is 592 g/mol. The van der Waals surface area contributed by atoms with Gasteiger partial charge in [0.25, 0.3) is 0 Å². The van der Waals surface area contributed by atoms with Crippen molar-refractivity contribution in [3.05, 3.63) is 61.7 Å². The van der Waals surface area contributed by atoms with Crippen molar-refractivity contribution in [2.24, 2.45) is 0 Å². The summed E-state index contributed by atoms with van der Waals surface area (Å²) in [7, 11) is -5.55. The molecule has 1 N–H and O–H groups in total. The monoisotopic (exact) mass is 591 g/mol. The summed E-state index contributed by atoms with van der Waals surface area (Å²) in [6.45, 7) is 27.9. The third-order valence-corrected chi connectivity index (χ3v) is 18.2. The normalized spacial score (nSPS) is 20.4. The first kappa shape index (κ1) is 36.6. The lowest BCUT2D eigenvalue weighted by molar-refractivity contribution is 0.272. The van der Waals surface area contributed by atoms with E-state index in [4.69, 9.17) is 0 Å². The van der Waals surface area contributed by atoms with Crippen LogP contribution in [-0.2, 0) is 9.13 Å². The van der Waals surface area contributed by atoms with Crippen molar-refractivity contribution in [2.45, 2.75) is 129 Å². The van der Waals surface area contributed by atoms with Gasteiger partial charge < -0.3 is 19.1 Å². The molecule has 2 aliphatic carbocycles. The van der Waals surface area contributed by atoms with Gasteiger partial charge in [-0.1, -0.05) is 95.9 Å². The van der Waals surface area contributed by atoms with Gasteiger partial charge in [0.05, 0.1) is 0 Å². The lowest BCUT2D eigenvalue weighted by Crippen LogP contribution is -2.39. The maximum absolute atomic E-state index is 14.9. The molecule has 228 valence electrons. The van der Waals surface area contributed by atoms with Crippen LogP contribution in [-0.4, -0.2) is 56.9 Å². The Balaban J connectivity index is 2.37. The third kappa shape index (κ3) is 7.71. The molecule has 4 nitrogen and oxygen atoms in total. The summed E-state index contributed by atoms with van der Waals surface area (Å²) in [5, 5.41) is 7.82. The van der Waals surface area contributed by atoms with E-state index in [0.717, 1.165) is 55.4 Å². The Kier molecular flexibility index (Phi) is 12.4. The molecule has 0 unspecified atom stereocenters. The Bertz CT molecular complexity index is 785. The van der Waals surface area contributed by atoms with E-state index in [1.165, 1.54) is 0 Å². The summed E-state index contributed by atoms with van der Waals surface area (Å²) in [4.78, 5) is 2.46. The van der Waals surface area contributed by atoms with E-state index in [1.54, 1.807) is 0 Å². The highest BCUT2D eigenvalue weighted by Crippen LogP contribution is 2.78. The molecular weight excluding hydrogens is 532 g/mol. The molecule has 2 rings (SSSR count). The molecule has 6 heteroatoms. The number of nitrogens with zero attached hydrogens (tertiary/aromatic N) is 1. The van der Waals surface area contributed by atoms with Gasteiger partial charge in [0, 0.05) is 63.5 Å². The number of aliphatic hydroxyl groups excluding tert-OH is 1. The first-order valence-electron chi connectivity index (χ1n) is 15.2. The van der Waals surface area contributed by atoms with Gasteiger partial charge in [0.2, 0.25) is 0 Å². The van der Waals surface area contributed by atoms with Crippen LogP contribution >= 0.6 is 14.3 Å². The lowest BCUT2D eigenvalue weighted by atomic mass is 10.0. The van der Waals surface area contributed by atoms with E-state index in [0.29, 0.717) is 13.1 Å². The molecule has 0 bridgehead atoms. The second-order valence-electron chi connectivity index (χ2n) is 15.6. The number of aliphatic hydroxyl groups is 1. The first-order chi connectivity index (χ1) is 18.1. The fraction of sp³-hybridized carbons (Fsp3) is 0.706. The number of rotatable bonds is 12. The molecule has 0 aromatic rings. The minimum Gasteiger partial charge on any atom is -0.396 e. The minimum absolute atomic E-state index is 0.237. The zero-order chi connectivity index (χ0) is 30.8. The molecule has 10 radical (unpaired) electrons. The second kappa shape index (κ2) is 13.6. The summed E-state index contributed by atoms with van der Waals surface area (Å²) in [5.74, 6) is 2.29. The van der Waals surface area contributed by atoms with Gasteiger partial charge in [-0.3, -0.25) is 0 Å². The summed E-state index contributed by atoms with van der Waals surface area (Å²) in [6, 6.07) is 0. The quantitative estimate of drug-likeness (QED) is 0.182. The van der Waals surface area contributed by atoms with Crippen LogP contribution in [0.25, 0.3) is 0 Å². The Morgan fingerprint density at radius 3 is 1.25 bits per heavy atom. The highest BCUT2D eigenvalue weighted by molar-refractivity contribution is 7.71. The molecule has 0 amide bonds. The highest BCUT2D eigenvalue weighted by Gasteiger charge is 2.57. The van der Waals surface area contributed by atoms with E-state index < -0.39 is 14.3 Å². The van der Waals surface area contributed by atoms with Crippen molar-refractivity contribution in [3.8, 4) is 0 Å². The molecule has 0 spiro atoms. The molecule has 2 fully saturated rings. The van der Waals surface area contributed by atoms with Crippen molar-refractivity contribution in [1.29, 1.82) is 0 Å². The SMILES string of the molecule is CC(C)(C)P(=O)([C]1[CH][CH][CH][C]1CN(CCCCCCO)C[C]1[CH][CH][CH][C]1P(=O)(C(C)(C)C)C(C)(C)C)C(C)(C)C. The van der Waals surface area contributed by atoms with Crippen LogP contribution in [0.2, 0.25) is 0 Å². The zero-order valence-electron chi connectivity index (χ0n) is 27.7. The van der Waals surface area contributed by atoms with Crippen LogP contribution in [0.1, 0.15) is 109 Å². The molecule has 0 aromatic heterocycles. The van der Waals surface area contributed by atoms with Gasteiger partial charge >= 0.3 is 0 Å². The largest absolute Gasteiger partial charge is 0.396 e. The maximum Gasteiger partial charge on any atom is 0.105 e. The zero-order valence-corrected chi connectivity index (χ0v) is 29.5. The van der Waals surface area contributed by atoms with Gasteiger partial charge in [0.15, 0.2) is 0 Å². The van der Waals surface area contributed by atoms with Crippen molar-refractivity contribution < 1.29 is 14.2 Å². The Morgan fingerprint density at radius 2 is 0.925 bits per heavy atom. The van der Waals surface area contributed by atoms with Gasteiger partial charge in [-0.05, 0) is 57.9 Å². The van der Waals surface area contributed by atoms with E-state index in [-0.39, 0.29) is 27.2 Å². The molecule has 0 heterocycles. The molecule has 0 saturated heterocycles. The van der Waals surface area contributed by atoms with E-state index in [1.807, 2.05) is 0 Å². The predicted molar refractivity (Wildman–Crippen MR) is 175 cm³/mol. The number of unbranched alkanes of at least 4 members (excludes halogenated alkanes) is 3. The Morgan fingerprint density at radius 1 is 0.575 bits per heavy atom. The summed E-state index contributed by atoms with van der Waals surface area (Å²) in [5.41, 5.74) is 2.02. The lowest BCUT2D eigenvalue weighted by Gasteiger charge is -2.47. The third-order valence-electron chi connectivity index (χ3n) is 8.39. The van der Waals surface area contributed by atoms with Gasteiger partial charge in [-0.25, -0.2) is 0 Å². The van der Waals surface area contributed by atoms with Crippen molar-refractivity contribution in [3.63, 3.8) is 0 Å². The van der Waals surface area contributed by atoms with E-state index >= 15 is 0 Å². The number of hydrogen-bond donors (Lipinski definition) is 1. The molecular formula is C34H59NO3P2. The first-order valence-corrected chi connectivity index (χ1v) is 18.6. The average Bonchev–Trinajstić information content (AvgIpc) is 3.44. The molecule has 0 atom stereocenters. The van der Waals surface area contributed by atoms with Crippen LogP contribution in [0, 0.1) is 61.7 Å². The van der Waals surface area contributed by atoms with Crippen molar-refractivity contribution in [2.75, 3.05) is 26.2 Å². The summed E-state index contributed by atoms with van der Waals surface area (Å²) in [6.07, 6.45) is 16.5. The molecule has 40 heavy (non-hydrogen) atoms. The van der Waals surface area contributed by atoms with Gasteiger partial charge in [0.1, 0.15) is 14.3 Å². The van der Waals surface area contributed by atoms with Crippen molar-refractivity contribution >= 4 is 14.3 Å². The fourth-order valence-electron chi connectivity index (χ4n) is 6.73. The van der Waals surface area contributed by atoms with Crippen LogP contribution in [0.15, 0.2) is 0 Å². The smallest absolute Gasteiger partial charge is 0.105 e. The fourth-order valence-corrected chi connectivity index (χ4v) is 15.3. The predicted octanol–water partition coefficient (Wildman–Crippen LogP) is 9.23. The molecule has 2 saturated carbocycles. The molecule has 2 aliphatic rings. The van der Waals surface area contributed by atoms with Gasteiger partial charge in [-0.2, -0.15) is 0 Å². The topological polar surface area (TPSA) is 57.6 Å². The summed E-state index contributed by atoms with van der Waals surface area (Å²) < 4.78 is 29.8. The van der Waals surface area contributed by atoms with E-state index in [9.17, 15) is 14.2 Å². The van der Waals surface area contributed by atoms with Crippen LogP contribution in [0.3, 0.4) is 0 Å². The maximum atomic E-state index is 14.9. The molecule has 0 aromatic carbocycles. The Labute approximate surface area is 250 Å². The molecule has 0 aliphatic heterocycles. The van der Waals surface area contributed by atoms with Crippen LogP contribution in [0.4, 0.5) is 0 Å². The second-order valence-corrected chi connectivity index (χ2v) is 24.4. The standard InChI is InChI=1S/C34H59NO3P2/c1-31(2,3)39(37,32(4,5)6)29-21-17-19-27(29)25-35(23-15-13-14-16-24-36)26-28-20-18-22-30(28)40(38,33(7,8)9)34(10,11)12/h17-22,36H,13-16,23-26H2,1-12H3. The van der Waals surface area contributed by atoms with Gasteiger partial charge in [-0.15, -0.1) is 0 Å². The van der Waals surface area contributed by atoms with E-state index in [2.05, 4.69) is 127 Å². The number of hydrogen-bond acceptors (Lipinski definition) is 4. The Hall–Kier alpha value is 0.380. The summed E-state index contributed by atoms with van der Waals surface area (Å²) >= 11 is 0. The van der Waals surface area contributed by atoms with Crippen LogP contribution < -0.4 is 0 Å².